The predicted molar refractivity (Wildman–Crippen MR) is 109 cm³/mol. The van der Waals surface area contributed by atoms with E-state index >= 15 is 0 Å². The summed E-state index contributed by atoms with van der Waals surface area (Å²) in [6, 6.07) is 6.41. The van der Waals surface area contributed by atoms with Crippen molar-refractivity contribution >= 4 is 11.8 Å². The van der Waals surface area contributed by atoms with Gasteiger partial charge in [-0.2, -0.15) is 5.10 Å². The van der Waals surface area contributed by atoms with Crippen LogP contribution in [0.5, 0.6) is 0 Å². The van der Waals surface area contributed by atoms with Gasteiger partial charge in [-0.1, -0.05) is 23.8 Å². The van der Waals surface area contributed by atoms with Gasteiger partial charge >= 0.3 is 0 Å². The van der Waals surface area contributed by atoms with E-state index in [2.05, 4.69) is 42.5 Å². The average molecular weight is 383 g/mol. The van der Waals surface area contributed by atoms with Crippen LogP contribution in [0.3, 0.4) is 0 Å². The molecule has 28 heavy (non-hydrogen) atoms. The SMILES string of the molecule is Cc1ccc(CCC(=O)N2CCC(CNC(=O)c3cnn(C)c3)CC2)c(C)c1. The monoisotopic (exact) mass is 382 g/mol. The van der Waals surface area contributed by atoms with Crippen molar-refractivity contribution in [3.05, 3.63) is 52.8 Å². The van der Waals surface area contributed by atoms with Gasteiger partial charge in [0.05, 0.1) is 11.8 Å². The molecule has 0 unspecified atom stereocenters. The standard InChI is InChI=1S/C22H30N4O2/c1-16-4-5-19(17(2)12-16)6-7-21(27)26-10-8-18(9-11-26)13-23-22(28)20-14-24-25(3)15-20/h4-5,12,14-15,18H,6-11,13H2,1-3H3,(H,23,28). The van der Waals surface area contributed by atoms with E-state index in [1.165, 1.54) is 16.7 Å². The molecule has 2 heterocycles. The van der Waals surface area contributed by atoms with E-state index in [9.17, 15) is 9.59 Å². The molecule has 3 rings (SSSR count). The Morgan fingerprint density at radius 3 is 2.61 bits per heavy atom. The fourth-order valence-corrected chi connectivity index (χ4v) is 3.79. The molecule has 2 aromatic rings. The Morgan fingerprint density at radius 2 is 1.96 bits per heavy atom. The second kappa shape index (κ2) is 9.04. The fourth-order valence-electron chi connectivity index (χ4n) is 3.79. The average Bonchev–Trinajstić information content (AvgIpc) is 3.12. The van der Waals surface area contributed by atoms with Gasteiger partial charge < -0.3 is 10.2 Å². The number of carbonyl (C=O) groups is 2. The van der Waals surface area contributed by atoms with E-state index < -0.39 is 0 Å². The molecule has 0 atom stereocenters. The lowest BCUT2D eigenvalue weighted by atomic mass is 9.96. The van der Waals surface area contributed by atoms with Gasteiger partial charge in [0.1, 0.15) is 0 Å². The zero-order valence-corrected chi connectivity index (χ0v) is 17.1. The Labute approximate surface area is 166 Å². The molecular weight excluding hydrogens is 352 g/mol. The number of amides is 2. The van der Waals surface area contributed by atoms with Crippen LogP contribution >= 0.6 is 0 Å². The van der Waals surface area contributed by atoms with Crippen LogP contribution in [-0.4, -0.2) is 46.1 Å². The highest BCUT2D eigenvalue weighted by Gasteiger charge is 2.23. The summed E-state index contributed by atoms with van der Waals surface area (Å²) in [5.41, 5.74) is 4.36. The van der Waals surface area contributed by atoms with Crippen molar-refractivity contribution < 1.29 is 9.59 Å². The Bertz CT molecular complexity index is 835. The van der Waals surface area contributed by atoms with Crippen molar-refractivity contribution in [1.82, 2.24) is 20.0 Å². The largest absolute Gasteiger partial charge is 0.352 e. The van der Waals surface area contributed by atoms with Crippen molar-refractivity contribution in [3.8, 4) is 0 Å². The minimum absolute atomic E-state index is 0.0833. The number of aryl methyl sites for hydroxylation is 4. The minimum atomic E-state index is -0.0833. The molecule has 6 heteroatoms. The minimum Gasteiger partial charge on any atom is -0.352 e. The highest BCUT2D eigenvalue weighted by Crippen LogP contribution is 2.19. The zero-order chi connectivity index (χ0) is 20.1. The summed E-state index contributed by atoms with van der Waals surface area (Å²) in [6.45, 7) is 6.40. The molecular formula is C22H30N4O2. The highest BCUT2D eigenvalue weighted by molar-refractivity contribution is 5.93. The van der Waals surface area contributed by atoms with E-state index in [1.807, 2.05) is 4.90 Å². The predicted octanol–water partition coefficient (Wildman–Crippen LogP) is 2.64. The van der Waals surface area contributed by atoms with Crippen molar-refractivity contribution in [2.24, 2.45) is 13.0 Å². The number of nitrogens with one attached hydrogen (secondary N) is 1. The number of hydrogen-bond acceptors (Lipinski definition) is 3. The van der Waals surface area contributed by atoms with E-state index in [0.717, 1.165) is 32.4 Å². The van der Waals surface area contributed by atoms with Crippen LogP contribution in [0, 0.1) is 19.8 Å². The van der Waals surface area contributed by atoms with Crippen LogP contribution in [0.25, 0.3) is 0 Å². The normalized spacial score (nSPS) is 14.9. The molecule has 150 valence electrons. The first-order valence-electron chi connectivity index (χ1n) is 10.0. The molecule has 0 radical (unpaired) electrons. The van der Waals surface area contributed by atoms with Gasteiger partial charge in [0, 0.05) is 39.3 Å². The molecule has 1 aromatic carbocycles. The smallest absolute Gasteiger partial charge is 0.254 e. The Kier molecular flexibility index (Phi) is 6.49. The van der Waals surface area contributed by atoms with Crippen molar-refractivity contribution in [1.29, 1.82) is 0 Å². The highest BCUT2D eigenvalue weighted by atomic mass is 16.2. The number of likely N-dealkylation sites (tertiary alicyclic amines) is 1. The molecule has 0 saturated carbocycles. The molecule has 0 aliphatic carbocycles. The van der Waals surface area contributed by atoms with Gasteiger partial charge in [-0.15, -0.1) is 0 Å². The van der Waals surface area contributed by atoms with Crippen molar-refractivity contribution in [2.75, 3.05) is 19.6 Å². The topological polar surface area (TPSA) is 67.2 Å². The number of carbonyl (C=O) groups excluding carboxylic acids is 2. The third kappa shape index (κ3) is 5.21. The maximum atomic E-state index is 12.6. The van der Waals surface area contributed by atoms with Crippen LogP contribution < -0.4 is 5.32 Å². The van der Waals surface area contributed by atoms with E-state index in [4.69, 9.17) is 0 Å². The summed E-state index contributed by atoms with van der Waals surface area (Å²) in [5.74, 6) is 0.571. The second-order valence-corrected chi connectivity index (χ2v) is 7.87. The third-order valence-corrected chi connectivity index (χ3v) is 5.59. The van der Waals surface area contributed by atoms with Crippen LogP contribution in [0.1, 0.15) is 46.3 Å². The first-order valence-corrected chi connectivity index (χ1v) is 10.0. The second-order valence-electron chi connectivity index (χ2n) is 7.87. The first kappa shape index (κ1) is 20.1. The lowest BCUT2D eigenvalue weighted by Gasteiger charge is -2.32. The van der Waals surface area contributed by atoms with Crippen LogP contribution in [0.2, 0.25) is 0 Å². The Hall–Kier alpha value is -2.63. The number of benzene rings is 1. The van der Waals surface area contributed by atoms with Crippen molar-refractivity contribution in [2.45, 2.75) is 39.5 Å². The lowest BCUT2D eigenvalue weighted by Crippen LogP contribution is -2.41. The molecule has 0 spiro atoms. The van der Waals surface area contributed by atoms with Gasteiger partial charge in [-0.25, -0.2) is 0 Å². The molecule has 6 nitrogen and oxygen atoms in total. The molecule has 1 aliphatic rings. The number of aromatic nitrogens is 2. The summed E-state index contributed by atoms with van der Waals surface area (Å²) in [4.78, 5) is 26.6. The van der Waals surface area contributed by atoms with Gasteiger partial charge in [-0.3, -0.25) is 14.3 Å². The molecule has 1 N–H and O–H groups in total. The number of nitrogens with zero attached hydrogens (tertiary/aromatic N) is 3. The number of piperidine rings is 1. The molecule has 1 aromatic heterocycles. The van der Waals surface area contributed by atoms with Gasteiger partial charge in [0.2, 0.25) is 5.91 Å². The van der Waals surface area contributed by atoms with Crippen LogP contribution in [0.4, 0.5) is 0 Å². The quantitative estimate of drug-likeness (QED) is 0.835. The van der Waals surface area contributed by atoms with E-state index in [0.29, 0.717) is 24.4 Å². The first-order chi connectivity index (χ1) is 13.4. The molecule has 0 bridgehead atoms. The third-order valence-electron chi connectivity index (χ3n) is 5.59. The van der Waals surface area contributed by atoms with Crippen molar-refractivity contribution in [3.63, 3.8) is 0 Å². The summed E-state index contributed by atoms with van der Waals surface area (Å²) in [7, 11) is 1.80. The summed E-state index contributed by atoms with van der Waals surface area (Å²) in [5, 5.41) is 7.01. The van der Waals surface area contributed by atoms with E-state index in [-0.39, 0.29) is 11.8 Å². The number of rotatable bonds is 6. The van der Waals surface area contributed by atoms with Gasteiger partial charge in [0.25, 0.3) is 5.91 Å². The maximum absolute atomic E-state index is 12.6. The fraction of sp³-hybridized carbons (Fsp3) is 0.500. The number of hydrogen-bond donors (Lipinski definition) is 1. The van der Waals surface area contributed by atoms with Gasteiger partial charge in [0.15, 0.2) is 0 Å². The Balaban J connectivity index is 1.39. The lowest BCUT2D eigenvalue weighted by molar-refractivity contribution is -0.132. The van der Waals surface area contributed by atoms with Gasteiger partial charge in [-0.05, 0) is 50.2 Å². The maximum Gasteiger partial charge on any atom is 0.254 e. The van der Waals surface area contributed by atoms with E-state index in [1.54, 1.807) is 24.1 Å². The zero-order valence-electron chi connectivity index (χ0n) is 17.1. The molecule has 1 fully saturated rings. The molecule has 2 amide bonds. The van der Waals surface area contributed by atoms with Crippen LogP contribution in [-0.2, 0) is 18.3 Å². The summed E-state index contributed by atoms with van der Waals surface area (Å²) < 4.78 is 1.62. The van der Waals surface area contributed by atoms with Crippen LogP contribution in [0.15, 0.2) is 30.6 Å². The summed E-state index contributed by atoms with van der Waals surface area (Å²) in [6.07, 6.45) is 6.52. The summed E-state index contributed by atoms with van der Waals surface area (Å²) >= 11 is 0. The Morgan fingerprint density at radius 1 is 1.21 bits per heavy atom. The molecule has 1 saturated heterocycles. The molecule has 1 aliphatic heterocycles.